The van der Waals surface area contributed by atoms with Gasteiger partial charge in [0.2, 0.25) is 0 Å². The molecule has 0 saturated carbocycles. The van der Waals surface area contributed by atoms with Crippen molar-refractivity contribution in [3.8, 4) is 5.82 Å². The summed E-state index contributed by atoms with van der Waals surface area (Å²) in [6.07, 6.45) is -3.29. The summed E-state index contributed by atoms with van der Waals surface area (Å²) >= 11 is 13.9. The van der Waals surface area contributed by atoms with E-state index < -0.39 is 17.9 Å². The van der Waals surface area contributed by atoms with Gasteiger partial charge >= 0.3 is 6.18 Å². The molecule has 1 amide bonds. The summed E-state index contributed by atoms with van der Waals surface area (Å²) in [5, 5.41) is 20.1. The van der Waals surface area contributed by atoms with Crippen LogP contribution in [0.25, 0.3) is 5.82 Å². The Bertz CT molecular complexity index is 1500. The van der Waals surface area contributed by atoms with E-state index in [0.717, 1.165) is 13.9 Å². The summed E-state index contributed by atoms with van der Waals surface area (Å²) in [7, 11) is 1.68. The molecular formula is C21H16ClF3IN9OS. The molecule has 0 radical (unpaired) electrons. The van der Waals surface area contributed by atoms with Gasteiger partial charge < -0.3 is 10.6 Å². The molecule has 3 aromatic heterocycles. The molecule has 0 fully saturated rings. The van der Waals surface area contributed by atoms with Gasteiger partial charge in [-0.15, -0.1) is 10.2 Å². The van der Waals surface area contributed by atoms with Gasteiger partial charge in [0.25, 0.3) is 11.7 Å². The summed E-state index contributed by atoms with van der Waals surface area (Å²) in [6, 6.07) is 8.26. The van der Waals surface area contributed by atoms with Crippen LogP contribution < -0.4 is 10.6 Å². The van der Waals surface area contributed by atoms with Crippen molar-refractivity contribution in [2.24, 2.45) is 0 Å². The van der Waals surface area contributed by atoms with Crippen molar-refractivity contribution in [3.63, 3.8) is 0 Å². The lowest BCUT2D eigenvalue weighted by Crippen LogP contribution is -2.23. The van der Waals surface area contributed by atoms with Crippen LogP contribution >= 0.6 is 46.4 Å². The molecule has 4 aromatic rings. The van der Waals surface area contributed by atoms with Crippen molar-refractivity contribution in [3.05, 3.63) is 73.5 Å². The van der Waals surface area contributed by atoms with Crippen molar-refractivity contribution >= 4 is 63.0 Å². The molecule has 0 aliphatic rings. The first-order chi connectivity index (χ1) is 17.5. The third kappa shape index (κ3) is 5.88. The van der Waals surface area contributed by atoms with Gasteiger partial charge in [0, 0.05) is 22.4 Å². The average Bonchev–Trinajstić information content (AvgIpc) is 3.48. The summed E-state index contributed by atoms with van der Waals surface area (Å²) in [5.74, 6) is -1.82. The topological polar surface area (TPSA) is 115 Å². The van der Waals surface area contributed by atoms with Gasteiger partial charge in [0.05, 0.1) is 16.4 Å². The largest absolute Gasteiger partial charge is 0.455 e. The van der Waals surface area contributed by atoms with Crippen LogP contribution in [0.15, 0.2) is 36.5 Å². The number of amides is 1. The fourth-order valence-electron chi connectivity index (χ4n) is 3.33. The van der Waals surface area contributed by atoms with Gasteiger partial charge in [-0.25, -0.2) is 9.67 Å². The first-order valence-electron chi connectivity index (χ1n) is 10.4. The molecule has 0 saturated heterocycles. The Balaban J connectivity index is 1.75. The van der Waals surface area contributed by atoms with E-state index in [2.05, 4.69) is 58.7 Å². The fraction of sp³-hybridized carbons (Fsp3) is 0.190. The highest BCUT2D eigenvalue weighted by Crippen LogP contribution is 2.27. The maximum atomic E-state index is 13.5. The van der Waals surface area contributed by atoms with Crippen LogP contribution in [0.2, 0.25) is 5.02 Å². The Morgan fingerprint density at radius 2 is 2.00 bits per heavy atom. The molecule has 0 aliphatic heterocycles. The minimum atomic E-state index is -4.75. The van der Waals surface area contributed by atoms with E-state index in [4.69, 9.17) is 23.8 Å². The first kappa shape index (κ1) is 26.9. The number of halogens is 5. The van der Waals surface area contributed by atoms with Crippen molar-refractivity contribution < 1.29 is 18.0 Å². The third-order valence-corrected chi connectivity index (χ3v) is 6.29. The highest BCUT2D eigenvalue weighted by molar-refractivity contribution is 14.1. The molecule has 0 unspecified atom stereocenters. The smallest absolute Gasteiger partial charge is 0.379 e. The zero-order valence-corrected chi connectivity index (χ0v) is 22.7. The number of tetrazole rings is 1. The number of nitrogens with zero attached hydrogens (tertiary/aromatic N) is 7. The zero-order chi connectivity index (χ0) is 26.9. The number of hydrogen-bond acceptors (Lipinski definition) is 7. The number of aryl methyl sites for hydroxylation is 1. The Hall–Kier alpha value is -3.18. The fourth-order valence-corrected chi connectivity index (χ4v) is 4.47. The number of aromatic nitrogens is 7. The number of anilines is 1. The molecule has 4 rings (SSSR count). The second-order valence-electron chi connectivity index (χ2n) is 7.56. The molecule has 10 nitrogen and oxygen atoms in total. The van der Waals surface area contributed by atoms with E-state index in [9.17, 15) is 18.0 Å². The number of nitrogens with one attached hydrogen (secondary N) is 2. The molecule has 0 bridgehead atoms. The summed E-state index contributed by atoms with van der Waals surface area (Å²) in [6.45, 7) is 1.53. The molecule has 1 aromatic carbocycles. The molecule has 0 spiro atoms. The molecular weight excluding hydrogens is 646 g/mol. The number of rotatable bonds is 6. The predicted octanol–water partition coefficient (Wildman–Crippen LogP) is 4.03. The lowest BCUT2D eigenvalue weighted by atomic mass is 10.1. The number of pyridine rings is 1. The van der Waals surface area contributed by atoms with E-state index in [-0.39, 0.29) is 28.8 Å². The summed E-state index contributed by atoms with van der Waals surface area (Å²) < 4.78 is 40.7. The van der Waals surface area contributed by atoms with Crippen molar-refractivity contribution in [2.75, 3.05) is 12.4 Å². The number of thiocarbonyl (C=S) groups is 1. The number of hydrogen-bond donors (Lipinski definition) is 2. The predicted molar refractivity (Wildman–Crippen MR) is 141 cm³/mol. The Labute approximate surface area is 231 Å². The Morgan fingerprint density at radius 3 is 2.65 bits per heavy atom. The third-order valence-electron chi connectivity index (χ3n) is 4.95. The van der Waals surface area contributed by atoms with E-state index >= 15 is 0 Å². The SMILES string of the molecule is CNC(=S)c1cc(I)cc(C)c1NC(=O)c1cc(Cn2nnc(C(F)(F)F)n2)nn1-c1ncccc1Cl. The number of carbonyl (C=O) groups is 1. The van der Waals surface area contributed by atoms with Gasteiger partial charge in [-0.2, -0.15) is 23.1 Å². The van der Waals surface area contributed by atoms with E-state index in [0.29, 0.717) is 16.2 Å². The summed E-state index contributed by atoms with van der Waals surface area (Å²) in [4.78, 5) is 18.9. The molecule has 0 aliphatic carbocycles. The van der Waals surface area contributed by atoms with Crippen LogP contribution in [0.4, 0.5) is 18.9 Å². The highest BCUT2D eigenvalue weighted by Gasteiger charge is 2.37. The van der Waals surface area contributed by atoms with Gasteiger partial charge in [-0.1, -0.05) is 23.8 Å². The van der Waals surface area contributed by atoms with Crippen LogP contribution in [0, 0.1) is 10.5 Å². The van der Waals surface area contributed by atoms with Gasteiger partial charge in [0.1, 0.15) is 17.2 Å². The van der Waals surface area contributed by atoms with Crippen LogP contribution in [-0.4, -0.2) is 52.9 Å². The minimum Gasteiger partial charge on any atom is -0.379 e. The highest BCUT2D eigenvalue weighted by atomic mass is 127. The standard InChI is InChI=1S/C21H16ClF3IN9OS/c1-10-6-11(26)7-13(19(37)27-2)16(10)29-18(36)15-8-12(9-34-32-20(30-33-34)21(23,24)25)31-35(15)17-14(22)4-3-5-28-17/h3-8H,9H2,1-2H3,(H,27,37)(H,29,36). The maximum absolute atomic E-state index is 13.5. The minimum absolute atomic E-state index is 0.0195. The van der Waals surface area contributed by atoms with Crippen LogP contribution in [0.5, 0.6) is 0 Å². The van der Waals surface area contributed by atoms with Crippen LogP contribution in [-0.2, 0) is 12.7 Å². The number of carbonyl (C=O) groups excluding carboxylic acids is 1. The van der Waals surface area contributed by atoms with Crippen LogP contribution in [0.1, 0.15) is 33.1 Å². The monoisotopic (exact) mass is 661 g/mol. The zero-order valence-electron chi connectivity index (χ0n) is 19.0. The van der Waals surface area contributed by atoms with Crippen LogP contribution in [0.3, 0.4) is 0 Å². The average molecular weight is 662 g/mol. The lowest BCUT2D eigenvalue weighted by Gasteiger charge is -2.16. The van der Waals surface area contributed by atoms with Gasteiger partial charge in [0.15, 0.2) is 5.82 Å². The second-order valence-corrected chi connectivity index (χ2v) is 9.62. The molecule has 192 valence electrons. The molecule has 0 atom stereocenters. The molecule has 3 heterocycles. The summed E-state index contributed by atoms with van der Waals surface area (Å²) in [5.41, 5.74) is 2.05. The quantitative estimate of drug-likeness (QED) is 0.235. The Morgan fingerprint density at radius 1 is 1.24 bits per heavy atom. The van der Waals surface area contributed by atoms with E-state index in [1.165, 1.54) is 16.9 Å². The first-order valence-corrected chi connectivity index (χ1v) is 12.2. The molecule has 2 N–H and O–H groups in total. The normalized spacial score (nSPS) is 11.4. The second kappa shape index (κ2) is 10.7. The van der Waals surface area contributed by atoms with E-state index in [1.54, 1.807) is 19.2 Å². The lowest BCUT2D eigenvalue weighted by molar-refractivity contribution is -0.145. The maximum Gasteiger partial charge on any atom is 0.455 e. The molecule has 37 heavy (non-hydrogen) atoms. The Kier molecular flexibility index (Phi) is 7.75. The number of alkyl halides is 3. The van der Waals surface area contributed by atoms with Crippen molar-refractivity contribution in [1.82, 2.24) is 40.3 Å². The van der Waals surface area contributed by atoms with E-state index in [1.807, 2.05) is 19.1 Å². The van der Waals surface area contributed by atoms with Gasteiger partial charge in [-0.05, 0) is 70.6 Å². The van der Waals surface area contributed by atoms with Crippen molar-refractivity contribution in [2.45, 2.75) is 19.6 Å². The van der Waals surface area contributed by atoms with Gasteiger partial charge in [-0.3, -0.25) is 4.79 Å². The molecule has 16 heteroatoms. The number of benzene rings is 1. The van der Waals surface area contributed by atoms with Crippen molar-refractivity contribution in [1.29, 1.82) is 0 Å².